The van der Waals surface area contributed by atoms with Crippen LogP contribution in [0.25, 0.3) is 0 Å². The lowest BCUT2D eigenvalue weighted by atomic mass is 10.0. The lowest BCUT2D eigenvalue weighted by molar-refractivity contribution is -0.0504. The third-order valence-electron chi connectivity index (χ3n) is 2.95. The first-order chi connectivity index (χ1) is 8.75. The van der Waals surface area contributed by atoms with Gasteiger partial charge in [0.2, 0.25) is 0 Å². The Labute approximate surface area is 105 Å². The van der Waals surface area contributed by atoms with Crippen molar-refractivity contribution < 1.29 is 18.3 Å². The van der Waals surface area contributed by atoms with Crippen molar-refractivity contribution in [2.75, 3.05) is 19.8 Å². The third kappa shape index (κ3) is 3.92. The third-order valence-corrected chi connectivity index (χ3v) is 2.95. The molecule has 0 aromatic heterocycles. The summed E-state index contributed by atoms with van der Waals surface area (Å²) in [5, 5.41) is 3.34. The minimum atomic E-state index is -2.78. The van der Waals surface area contributed by atoms with E-state index in [1.54, 1.807) is 12.1 Å². The first-order valence-electron chi connectivity index (χ1n) is 6.09. The maximum atomic E-state index is 12.2. The molecule has 0 saturated carbocycles. The number of aryl methyl sites for hydroxylation is 1. The summed E-state index contributed by atoms with van der Waals surface area (Å²) in [5.41, 5.74) is 0.810. The summed E-state index contributed by atoms with van der Waals surface area (Å²) in [6.07, 6.45) is 1.55. The van der Waals surface area contributed by atoms with Crippen LogP contribution in [-0.2, 0) is 11.2 Å². The Balaban J connectivity index is 1.91. The van der Waals surface area contributed by atoms with E-state index >= 15 is 0 Å². The van der Waals surface area contributed by atoms with Crippen molar-refractivity contribution in [1.29, 1.82) is 0 Å². The van der Waals surface area contributed by atoms with Crippen LogP contribution in [-0.4, -0.2) is 32.4 Å². The number of nitrogens with one attached hydrogen (secondary N) is 1. The summed E-state index contributed by atoms with van der Waals surface area (Å²) in [7, 11) is 0. The van der Waals surface area contributed by atoms with Gasteiger partial charge in [0.05, 0.1) is 13.2 Å². The maximum absolute atomic E-state index is 12.2. The van der Waals surface area contributed by atoms with Gasteiger partial charge in [-0.25, -0.2) is 0 Å². The summed E-state index contributed by atoms with van der Waals surface area (Å²) in [6.45, 7) is -0.512. The lowest BCUT2D eigenvalue weighted by Crippen LogP contribution is -2.41. The van der Waals surface area contributed by atoms with Crippen LogP contribution in [0, 0.1) is 0 Å². The molecule has 1 saturated heterocycles. The Kier molecular flexibility index (Phi) is 4.90. The molecule has 0 bridgehead atoms. The molecule has 3 nitrogen and oxygen atoms in total. The highest BCUT2D eigenvalue weighted by atomic mass is 19.3. The zero-order chi connectivity index (χ0) is 12.8. The molecule has 1 unspecified atom stereocenters. The topological polar surface area (TPSA) is 30.5 Å². The van der Waals surface area contributed by atoms with Crippen LogP contribution in [0.15, 0.2) is 24.3 Å². The van der Waals surface area contributed by atoms with E-state index in [1.165, 1.54) is 0 Å². The Morgan fingerprint density at radius 2 is 2.22 bits per heavy atom. The molecular formula is C13H17F2NO2. The number of morpholine rings is 1. The minimum Gasteiger partial charge on any atom is -0.435 e. The second kappa shape index (κ2) is 6.66. The molecule has 100 valence electrons. The van der Waals surface area contributed by atoms with E-state index < -0.39 is 6.61 Å². The summed E-state index contributed by atoms with van der Waals surface area (Å²) in [5.74, 6) is 0.268. The quantitative estimate of drug-likeness (QED) is 0.877. The summed E-state index contributed by atoms with van der Waals surface area (Å²) in [6, 6.07) is 7.22. The van der Waals surface area contributed by atoms with Crippen LogP contribution in [0.2, 0.25) is 0 Å². The SMILES string of the molecule is FC(F)Oc1ccccc1CCC1COCCN1. The van der Waals surface area contributed by atoms with Crippen molar-refractivity contribution in [3.8, 4) is 5.75 Å². The molecule has 18 heavy (non-hydrogen) atoms. The molecule has 1 N–H and O–H groups in total. The molecule has 1 fully saturated rings. The van der Waals surface area contributed by atoms with Crippen LogP contribution in [0.1, 0.15) is 12.0 Å². The number of benzene rings is 1. The van der Waals surface area contributed by atoms with Crippen LogP contribution < -0.4 is 10.1 Å². The van der Waals surface area contributed by atoms with Gasteiger partial charge in [0, 0.05) is 12.6 Å². The number of halogens is 2. The molecule has 1 aromatic carbocycles. The predicted molar refractivity (Wildman–Crippen MR) is 64.0 cm³/mol. The smallest absolute Gasteiger partial charge is 0.387 e. The molecule has 1 aliphatic rings. The molecule has 1 aromatic rings. The molecule has 1 heterocycles. The summed E-state index contributed by atoms with van der Waals surface area (Å²) < 4.78 is 34.3. The minimum absolute atomic E-state index is 0.268. The highest BCUT2D eigenvalue weighted by Gasteiger charge is 2.14. The second-order valence-electron chi connectivity index (χ2n) is 4.25. The van der Waals surface area contributed by atoms with Gasteiger partial charge in [-0.15, -0.1) is 0 Å². The highest BCUT2D eigenvalue weighted by molar-refractivity contribution is 5.33. The average Bonchev–Trinajstić information content (AvgIpc) is 2.38. The van der Waals surface area contributed by atoms with Crippen LogP contribution >= 0.6 is 0 Å². The van der Waals surface area contributed by atoms with Gasteiger partial charge in [-0.2, -0.15) is 8.78 Å². The Morgan fingerprint density at radius 3 is 2.94 bits per heavy atom. The number of rotatable bonds is 5. The average molecular weight is 257 g/mol. The van der Waals surface area contributed by atoms with E-state index in [4.69, 9.17) is 4.74 Å². The molecule has 0 spiro atoms. The van der Waals surface area contributed by atoms with Crippen molar-refractivity contribution in [3.05, 3.63) is 29.8 Å². The first kappa shape index (κ1) is 13.2. The summed E-state index contributed by atoms with van der Waals surface area (Å²) >= 11 is 0. The molecular weight excluding hydrogens is 240 g/mol. The standard InChI is InChI=1S/C13H17F2NO2/c14-13(15)18-12-4-2-1-3-10(12)5-6-11-9-17-8-7-16-11/h1-4,11,13,16H,5-9H2. The van der Waals surface area contributed by atoms with E-state index in [0.29, 0.717) is 19.1 Å². The van der Waals surface area contributed by atoms with Crippen molar-refractivity contribution in [1.82, 2.24) is 5.32 Å². The molecule has 0 amide bonds. The van der Waals surface area contributed by atoms with Crippen molar-refractivity contribution >= 4 is 0 Å². The lowest BCUT2D eigenvalue weighted by Gasteiger charge is -2.24. The van der Waals surface area contributed by atoms with Crippen LogP contribution in [0.3, 0.4) is 0 Å². The number of para-hydroxylation sites is 1. The second-order valence-corrected chi connectivity index (χ2v) is 4.25. The van der Waals surface area contributed by atoms with E-state index in [1.807, 2.05) is 12.1 Å². The Bertz CT molecular complexity index is 368. The molecule has 2 rings (SSSR count). The fraction of sp³-hybridized carbons (Fsp3) is 0.538. The van der Waals surface area contributed by atoms with Crippen molar-refractivity contribution in [2.45, 2.75) is 25.5 Å². The normalized spacial score (nSPS) is 20.1. The Hall–Kier alpha value is -1.20. The zero-order valence-corrected chi connectivity index (χ0v) is 10.1. The van der Waals surface area contributed by atoms with Gasteiger partial charge in [-0.3, -0.25) is 0 Å². The largest absolute Gasteiger partial charge is 0.435 e. The highest BCUT2D eigenvalue weighted by Crippen LogP contribution is 2.22. The monoisotopic (exact) mass is 257 g/mol. The van der Waals surface area contributed by atoms with Crippen molar-refractivity contribution in [3.63, 3.8) is 0 Å². The van der Waals surface area contributed by atoms with E-state index in [2.05, 4.69) is 10.1 Å². The fourth-order valence-electron chi connectivity index (χ4n) is 2.06. The van der Waals surface area contributed by atoms with Gasteiger partial charge in [-0.1, -0.05) is 18.2 Å². The fourth-order valence-corrected chi connectivity index (χ4v) is 2.06. The summed E-state index contributed by atoms with van der Waals surface area (Å²) in [4.78, 5) is 0. The van der Waals surface area contributed by atoms with Crippen LogP contribution in [0.5, 0.6) is 5.75 Å². The van der Waals surface area contributed by atoms with E-state index in [-0.39, 0.29) is 5.75 Å². The first-order valence-corrected chi connectivity index (χ1v) is 6.09. The predicted octanol–water partition coefficient (Wildman–Crippen LogP) is 2.21. The Morgan fingerprint density at radius 1 is 1.39 bits per heavy atom. The number of hydrogen-bond acceptors (Lipinski definition) is 3. The van der Waals surface area contributed by atoms with Gasteiger partial charge in [0.1, 0.15) is 5.75 Å². The van der Waals surface area contributed by atoms with Gasteiger partial charge in [-0.05, 0) is 24.5 Å². The van der Waals surface area contributed by atoms with E-state index in [9.17, 15) is 8.78 Å². The molecule has 0 aliphatic carbocycles. The van der Waals surface area contributed by atoms with Gasteiger partial charge in [0.25, 0.3) is 0 Å². The molecule has 5 heteroatoms. The number of hydrogen-bond donors (Lipinski definition) is 1. The maximum Gasteiger partial charge on any atom is 0.387 e. The van der Waals surface area contributed by atoms with Gasteiger partial charge < -0.3 is 14.8 Å². The van der Waals surface area contributed by atoms with Crippen molar-refractivity contribution in [2.24, 2.45) is 0 Å². The van der Waals surface area contributed by atoms with Crippen LogP contribution in [0.4, 0.5) is 8.78 Å². The zero-order valence-electron chi connectivity index (χ0n) is 10.1. The molecule has 1 aliphatic heterocycles. The van der Waals surface area contributed by atoms with Gasteiger partial charge >= 0.3 is 6.61 Å². The van der Waals surface area contributed by atoms with Gasteiger partial charge in [0.15, 0.2) is 0 Å². The molecule has 0 radical (unpaired) electrons. The molecule has 1 atom stereocenters. The number of ether oxygens (including phenoxy) is 2. The van der Waals surface area contributed by atoms with E-state index in [0.717, 1.165) is 25.1 Å². The number of alkyl halides is 2.